The molecule has 0 unspecified atom stereocenters. The van der Waals surface area contributed by atoms with Crippen molar-refractivity contribution in [2.75, 3.05) is 0 Å². The molecule has 0 spiro atoms. The fourth-order valence-corrected chi connectivity index (χ4v) is 1.46. The van der Waals surface area contributed by atoms with Crippen LogP contribution in [-0.2, 0) is 6.18 Å². The Labute approximate surface area is 98.5 Å². The van der Waals surface area contributed by atoms with E-state index in [9.17, 15) is 18.0 Å². The van der Waals surface area contributed by atoms with Gasteiger partial charge in [0.2, 0.25) is 0 Å². The van der Waals surface area contributed by atoms with Gasteiger partial charge in [-0.2, -0.15) is 13.2 Å². The van der Waals surface area contributed by atoms with Crippen LogP contribution in [0.5, 0.6) is 0 Å². The van der Waals surface area contributed by atoms with E-state index in [0.29, 0.717) is 4.68 Å². The molecule has 0 aliphatic rings. The Hall–Kier alpha value is -2.38. The number of nitrogens with zero attached hydrogens (tertiary/aromatic N) is 3. The number of benzene rings is 1. The SMILES string of the molecule is O=C(O)c1cnnn1-c1ccccc1C(F)(F)F. The lowest BCUT2D eigenvalue weighted by atomic mass is 10.1. The van der Waals surface area contributed by atoms with E-state index in [-0.39, 0.29) is 5.69 Å². The Morgan fingerprint density at radius 1 is 1.28 bits per heavy atom. The first-order valence-corrected chi connectivity index (χ1v) is 4.72. The molecule has 0 aliphatic carbocycles. The number of halogens is 3. The zero-order valence-electron chi connectivity index (χ0n) is 8.72. The van der Waals surface area contributed by atoms with Crippen LogP contribution in [-0.4, -0.2) is 26.1 Å². The van der Waals surface area contributed by atoms with Crippen molar-refractivity contribution in [1.82, 2.24) is 15.0 Å². The summed E-state index contributed by atoms with van der Waals surface area (Å²) in [5.74, 6) is -1.41. The van der Waals surface area contributed by atoms with Gasteiger partial charge in [0.25, 0.3) is 0 Å². The Kier molecular flexibility index (Phi) is 2.77. The smallest absolute Gasteiger partial charge is 0.418 e. The van der Waals surface area contributed by atoms with Crippen LogP contribution < -0.4 is 0 Å². The molecule has 18 heavy (non-hydrogen) atoms. The van der Waals surface area contributed by atoms with E-state index in [1.165, 1.54) is 12.1 Å². The van der Waals surface area contributed by atoms with Crippen LogP contribution in [0.2, 0.25) is 0 Å². The van der Waals surface area contributed by atoms with Crippen LogP contribution in [0.25, 0.3) is 5.69 Å². The molecule has 0 bridgehead atoms. The predicted molar refractivity (Wildman–Crippen MR) is 53.3 cm³/mol. The summed E-state index contributed by atoms with van der Waals surface area (Å²) in [5.41, 5.74) is -1.79. The first-order chi connectivity index (χ1) is 8.41. The van der Waals surface area contributed by atoms with Crippen LogP contribution in [0.3, 0.4) is 0 Å². The first kappa shape index (κ1) is 12.1. The van der Waals surface area contributed by atoms with E-state index in [1.54, 1.807) is 0 Å². The maximum Gasteiger partial charge on any atom is 0.418 e. The van der Waals surface area contributed by atoms with Gasteiger partial charge in [0.1, 0.15) is 0 Å². The van der Waals surface area contributed by atoms with Crippen molar-refractivity contribution in [2.45, 2.75) is 6.18 Å². The molecule has 5 nitrogen and oxygen atoms in total. The van der Waals surface area contributed by atoms with Crippen molar-refractivity contribution in [1.29, 1.82) is 0 Å². The number of carbonyl (C=O) groups is 1. The number of hydrogen-bond acceptors (Lipinski definition) is 3. The number of carboxylic acid groups (broad SMARTS) is 1. The van der Waals surface area contributed by atoms with Crippen molar-refractivity contribution in [2.24, 2.45) is 0 Å². The van der Waals surface area contributed by atoms with Gasteiger partial charge in [-0.15, -0.1) is 5.10 Å². The number of para-hydroxylation sites is 1. The summed E-state index contributed by atoms with van der Waals surface area (Å²) in [6.07, 6.45) is -3.71. The molecule has 0 amide bonds. The standard InChI is InChI=1S/C10H6F3N3O2/c11-10(12,13)6-3-1-2-4-7(6)16-8(9(17)18)5-14-15-16/h1-5H,(H,17,18). The summed E-state index contributed by atoms with van der Waals surface area (Å²) in [7, 11) is 0. The lowest BCUT2D eigenvalue weighted by Crippen LogP contribution is -2.14. The van der Waals surface area contributed by atoms with Gasteiger partial charge in [0.05, 0.1) is 17.4 Å². The Bertz CT molecular complexity index is 592. The number of alkyl halides is 3. The van der Waals surface area contributed by atoms with Gasteiger partial charge in [-0.3, -0.25) is 0 Å². The van der Waals surface area contributed by atoms with Crippen molar-refractivity contribution >= 4 is 5.97 Å². The highest BCUT2D eigenvalue weighted by molar-refractivity contribution is 5.85. The molecule has 0 aliphatic heterocycles. The molecule has 0 radical (unpaired) electrons. The van der Waals surface area contributed by atoms with Gasteiger partial charge in [-0.25, -0.2) is 9.48 Å². The number of hydrogen-bond donors (Lipinski definition) is 1. The van der Waals surface area contributed by atoms with E-state index < -0.39 is 23.4 Å². The molecule has 8 heteroatoms. The summed E-state index contributed by atoms with van der Waals surface area (Å²) in [4.78, 5) is 10.8. The van der Waals surface area contributed by atoms with E-state index >= 15 is 0 Å². The van der Waals surface area contributed by atoms with Crippen LogP contribution in [0, 0.1) is 0 Å². The molecule has 1 N–H and O–H groups in total. The van der Waals surface area contributed by atoms with E-state index in [2.05, 4.69) is 10.3 Å². The van der Waals surface area contributed by atoms with E-state index in [1.807, 2.05) is 0 Å². The van der Waals surface area contributed by atoms with Crippen LogP contribution in [0.1, 0.15) is 16.1 Å². The summed E-state index contributed by atoms with van der Waals surface area (Å²) < 4.78 is 38.9. The Balaban J connectivity index is 2.65. The number of aromatic carboxylic acids is 1. The summed E-state index contributed by atoms with van der Waals surface area (Å²) in [6, 6.07) is 4.55. The second kappa shape index (κ2) is 4.13. The van der Waals surface area contributed by atoms with Crippen molar-refractivity contribution < 1.29 is 23.1 Å². The van der Waals surface area contributed by atoms with E-state index in [4.69, 9.17) is 5.11 Å². The maximum atomic E-state index is 12.8. The highest BCUT2D eigenvalue weighted by Gasteiger charge is 2.34. The van der Waals surface area contributed by atoms with Gasteiger partial charge in [-0.05, 0) is 12.1 Å². The second-order valence-corrected chi connectivity index (χ2v) is 3.35. The molecule has 1 aromatic heterocycles. The van der Waals surface area contributed by atoms with Crippen LogP contribution in [0.4, 0.5) is 13.2 Å². The lowest BCUT2D eigenvalue weighted by molar-refractivity contribution is -0.137. The minimum atomic E-state index is -4.60. The molecule has 94 valence electrons. The minimum Gasteiger partial charge on any atom is -0.476 e. The van der Waals surface area contributed by atoms with Crippen molar-refractivity contribution in [3.63, 3.8) is 0 Å². The lowest BCUT2D eigenvalue weighted by Gasteiger charge is -2.12. The molecule has 2 rings (SSSR count). The maximum absolute atomic E-state index is 12.8. The fourth-order valence-electron chi connectivity index (χ4n) is 1.46. The average molecular weight is 257 g/mol. The molecule has 0 atom stereocenters. The monoisotopic (exact) mass is 257 g/mol. The second-order valence-electron chi connectivity index (χ2n) is 3.35. The molecular formula is C10H6F3N3O2. The third-order valence-electron chi connectivity index (χ3n) is 2.21. The topological polar surface area (TPSA) is 68.0 Å². The summed E-state index contributed by atoms with van der Waals surface area (Å²) in [5, 5.41) is 15.5. The van der Waals surface area contributed by atoms with Crippen LogP contribution >= 0.6 is 0 Å². The predicted octanol–water partition coefficient (Wildman–Crippen LogP) is 1.98. The number of carboxylic acids is 1. The average Bonchev–Trinajstić information content (AvgIpc) is 2.76. The highest BCUT2D eigenvalue weighted by Crippen LogP contribution is 2.33. The molecule has 1 aromatic carbocycles. The van der Waals surface area contributed by atoms with E-state index in [0.717, 1.165) is 18.3 Å². The first-order valence-electron chi connectivity index (χ1n) is 4.72. The quantitative estimate of drug-likeness (QED) is 0.893. The minimum absolute atomic E-state index is 0.375. The zero-order chi connectivity index (χ0) is 13.3. The molecule has 0 fully saturated rings. The molecule has 0 saturated heterocycles. The number of aromatic nitrogens is 3. The number of rotatable bonds is 2. The molecule has 0 saturated carbocycles. The third-order valence-corrected chi connectivity index (χ3v) is 2.21. The zero-order valence-corrected chi connectivity index (χ0v) is 8.72. The van der Waals surface area contributed by atoms with Gasteiger partial charge in [0, 0.05) is 0 Å². The van der Waals surface area contributed by atoms with Crippen molar-refractivity contribution in [3.8, 4) is 5.69 Å². The highest BCUT2D eigenvalue weighted by atomic mass is 19.4. The Morgan fingerprint density at radius 3 is 2.56 bits per heavy atom. The van der Waals surface area contributed by atoms with Crippen molar-refractivity contribution in [3.05, 3.63) is 41.7 Å². The summed E-state index contributed by atoms with van der Waals surface area (Å²) >= 11 is 0. The molecule has 1 heterocycles. The summed E-state index contributed by atoms with van der Waals surface area (Å²) in [6.45, 7) is 0. The normalized spacial score (nSPS) is 11.5. The Morgan fingerprint density at radius 2 is 1.94 bits per heavy atom. The molecule has 2 aromatic rings. The van der Waals surface area contributed by atoms with Crippen LogP contribution in [0.15, 0.2) is 30.5 Å². The van der Waals surface area contributed by atoms with Gasteiger partial charge >= 0.3 is 12.1 Å². The van der Waals surface area contributed by atoms with Gasteiger partial charge < -0.3 is 5.11 Å². The van der Waals surface area contributed by atoms with Gasteiger partial charge in [0.15, 0.2) is 5.69 Å². The van der Waals surface area contributed by atoms with Gasteiger partial charge in [-0.1, -0.05) is 17.3 Å². The molecular weight excluding hydrogens is 251 g/mol. The largest absolute Gasteiger partial charge is 0.476 e. The third kappa shape index (κ3) is 2.04. The fraction of sp³-hybridized carbons (Fsp3) is 0.100.